The predicted octanol–water partition coefficient (Wildman–Crippen LogP) is 7.90. The Labute approximate surface area is 160 Å². The molecule has 0 saturated heterocycles. The quantitative estimate of drug-likeness (QED) is 0.126. The highest BCUT2D eigenvalue weighted by Gasteiger charge is 2.19. The molecule has 25 heavy (non-hydrogen) atoms. The number of rotatable bonds is 19. The Morgan fingerprint density at radius 2 is 0.880 bits per heavy atom. The Bertz CT molecular complexity index is 270. The number of hydrogen-bond acceptors (Lipinski definition) is 0. The molecule has 1 heteroatoms. The van der Waals surface area contributed by atoms with Crippen LogP contribution >= 0.6 is 0 Å². The van der Waals surface area contributed by atoms with Crippen molar-refractivity contribution in [3.63, 3.8) is 0 Å². The first-order valence-electron chi connectivity index (χ1n) is 11.7. The second-order valence-corrected chi connectivity index (χ2v) is 7.95. The van der Waals surface area contributed by atoms with Gasteiger partial charge in [0.1, 0.15) is 0 Å². The maximum absolute atomic E-state index is 2.43. The molecule has 0 aliphatic heterocycles. The number of nitrogens with zero attached hydrogens (tertiary/aromatic N) is 1. The summed E-state index contributed by atoms with van der Waals surface area (Å²) in [7, 11) is 0. The molecule has 0 unspecified atom stereocenters. The van der Waals surface area contributed by atoms with E-state index in [1.807, 2.05) is 0 Å². The van der Waals surface area contributed by atoms with Crippen molar-refractivity contribution in [3.8, 4) is 0 Å². The fourth-order valence-electron chi connectivity index (χ4n) is 3.84. The van der Waals surface area contributed by atoms with Crippen LogP contribution < -0.4 is 0 Å². The Kier molecular flexibility index (Phi) is 18.3. The van der Waals surface area contributed by atoms with Gasteiger partial charge in [-0.3, -0.25) is 0 Å². The minimum Gasteiger partial charge on any atom is -0.324 e. The lowest BCUT2D eigenvalue weighted by atomic mass is 10.1. The van der Waals surface area contributed by atoms with E-state index in [0.717, 1.165) is 0 Å². The smallest absolute Gasteiger partial charge is 0.0786 e. The highest BCUT2D eigenvalue weighted by Crippen LogP contribution is 2.13. The van der Waals surface area contributed by atoms with E-state index in [2.05, 4.69) is 39.8 Å². The van der Waals surface area contributed by atoms with Gasteiger partial charge in [0.15, 0.2) is 0 Å². The zero-order chi connectivity index (χ0) is 18.6. The highest BCUT2D eigenvalue weighted by atomic mass is 15.3. The van der Waals surface area contributed by atoms with Gasteiger partial charge < -0.3 is 4.48 Å². The summed E-state index contributed by atoms with van der Waals surface area (Å²) in [6.45, 7) is 14.7. The van der Waals surface area contributed by atoms with Crippen LogP contribution in [-0.4, -0.2) is 30.7 Å². The average Bonchev–Trinajstić information content (AvgIpc) is 2.65. The minimum absolute atomic E-state index is 1.30. The Morgan fingerprint density at radius 1 is 0.480 bits per heavy atom. The summed E-state index contributed by atoms with van der Waals surface area (Å²) in [6.07, 6.45) is 24.5. The van der Waals surface area contributed by atoms with Gasteiger partial charge in [-0.05, 0) is 59.3 Å². The molecule has 0 aliphatic rings. The molecule has 1 nitrogen and oxygen atoms in total. The van der Waals surface area contributed by atoms with Gasteiger partial charge in [-0.15, -0.1) is 0 Å². The van der Waals surface area contributed by atoms with Crippen molar-refractivity contribution in [2.24, 2.45) is 0 Å². The van der Waals surface area contributed by atoms with Crippen LogP contribution in [0.1, 0.15) is 118 Å². The van der Waals surface area contributed by atoms with Gasteiger partial charge in [0, 0.05) is 0 Å². The minimum atomic E-state index is 1.30. The van der Waals surface area contributed by atoms with Crippen molar-refractivity contribution < 1.29 is 4.48 Å². The van der Waals surface area contributed by atoms with Crippen LogP contribution in [0.5, 0.6) is 0 Å². The largest absolute Gasteiger partial charge is 0.324 e. The molecule has 0 aromatic heterocycles. The van der Waals surface area contributed by atoms with Gasteiger partial charge >= 0.3 is 0 Å². The first-order chi connectivity index (χ1) is 12.2. The van der Waals surface area contributed by atoms with Crippen LogP contribution in [0.2, 0.25) is 0 Å². The maximum atomic E-state index is 2.43. The van der Waals surface area contributed by atoms with Gasteiger partial charge in [-0.2, -0.15) is 0 Å². The summed E-state index contributed by atoms with van der Waals surface area (Å²) in [6, 6.07) is 0. The molecule has 0 atom stereocenters. The summed E-state index contributed by atoms with van der Waals surface area (Å²) >= 11 is 0. The molecule has 0 amide bonds. The van der Waals surface area contributed by atoms with E-state index in [-0.39, 0.29) is 0 Å². The lowest BCUT2D eigenvalue weighted by molar-refractivity contribution is -0.923. The Hall–Kier alpha value is -0.300. The van der Waals surface area contributed by atoms with Crippen LogP contribution in [0.4, 0.5) is 0 Å². The molecule has 0 aromatic carbocycles. The lowest BCUT2D eigenvalue weighted by Gasteiger charge is -2.35. The third kappa shape index (κ3) is 14.5. The van der Waals surface area contributed by atoms with E-state index < -0.39 is 0 Å². The van der Waals surface area contributed by atoms with Crippen molar-refractivity contribution in [3.05, 3.63) is 12.2 Å². The molecule has 0 fully saturated rings. The van der Waals surface area contributed by atoms with Crippen LogP contribution in [0.15, 0.2) is 12.2 Å². The third-order valence-corrected chi connectivity index (χ3v) is 6.16. The van der Waals surface area contributed by atoms with Crippen molar-refractivity contribution in [2.75, 3.05) is 26.2 Å². The molecule has 0 spiro atoms. The van der Waals surface area contributed by atoms with Crippen LogP contribution in [0.3, 0.4) is 0 Å². The average molecular weight is 353 g/mol. The van der Waals surface area contributed by atoms with E-state index in [9.17, 15) is 0 Å². The molecule has 0 aromatic rings. The molecule has 0 radical (unpaired) electrons. The van der Waals surface area contributed by atoms with E-state index in [4.69, 9.17) is 0 Å². The second-order valence-electron chi connectivity index (χ2n) is 7.95. The summed E-state index contributed by atoms with van der Waals surface area (Å²) in [5, 5.41) is 0. The van der Waals surface area contributed by atoms with Crippen LogP contribution in [0, 0.1) is 0 Å². The lowest BCUT2D eigenvalue weighted by Crippen LogP contribution is -2.48. The normalized spacial score (nSPS) is 12.3. The Balaban J connectivity index is 3.32. The number of allylic oxidation sites excluding steroid dienone is 2. The summed E-state index contributed by atoms with van der Waals surface area (Å²) in [5.41, 5.74) is 0. The van der Waals surface area contributed by atoms with Gasteiger partial charge in [-0.1, -0.05) is 70.4 Å². The number of quaternary nitrogens is 1. The molecular weight excluding hydrogens is 302 g/mol. The van der Waals surface area contributed by atoms with Gasteiger partial charge in [0.25, 0.3) is 0 Å². The monoisotopic (exact) mass is 352 g/mol. The van der Waals surface area contributed by atoms with Gasteiger partial charge in [-0.25, -0.2) is 0 Å². The van der Waals surface area contributed by atoms with Gasteiger partial charge in [0.2, 0.25) is 0 Å². The molecule has 150 valence electrons. The number of hydrogen-bond donors (Lipinski definition) is 0. The first kappa shape index (κ1) is 24.7. The molecular formula is C24H50N+. The highest BCUT2D eigenvalue weighted by molar-refractivity contribution is 4.81. The topological polar surface area (TPSA) is 0 Å². The van der Waals surface area contributed by atoms with E-state index in [0.29, 0.717) is 0 Å². The molecule has 0 heterocycles. The van der Waals surface area contributed by atoms with Crippen molar-refractivity contribution >= 4 is 0 Å². The Morgan fingerprint density at radius 3 is 1.32 bits per heavy atom. The molecule has 0 bridgehead atoms. The van der Waals surface area contributed by atoms with E-state index in [1.165, 1.54) is 121 Å². The molecule has 0 saturated carbocycles. The summed E-state index contributed by atoms with van der Waals surface area (Å²) in [4.78, 5) is 0. The van der Waals surface area contributed by atoms with Gasteiger partial charge in [0.05, 0.1) is 26.2 Å². The molecule has 0 rings (SSSR count). The van der Waals surface area contributed by atoms with E-state index >= 15 is 0 Å². The van der Waals surface area contributed by atoms with Crippen LogP contribution in [-0.2, 0) is 0 Å². The summed E-state index contributed by atoms with van der Waals surface area (Å²) in [5.74, 6) is 0. The van der Waals surface area contributed by atoms with Crippen molar-refractivity contribution in [1.82, 2.24) is 0 Å². The zero-order valence-corrected chi connectivity index (χ0v) is 18.3. The maximum Gasteiger partial charge on any atom is 0.0786 e. The predicted molar refractivity (Wildman–Crippen MR) is 116 cm³/mol. The van der Waals surface area contributed by atoms with Crippen molar-refractivity contribution in [1.29, 1.82) is 0 Å². The van der Waals surface area contributed by atoms with Crippen molar-refractivity contribution in [2.45, 2.75) is 118 Å². The fraction of sp³-hybridized carbons (Fsp3) is 0.917. The number of unbranched alkanes of at least 4 members (excludes halogenated alkanes) is 12. The van der Waals surface area contributed by atoms with Crippen LogP contribution in [0.25, 0.3) is 0 Å². The molecule has 0 N–H and O–H groups in total. The standard InChI is InChI=1S/C24H50N/c1-5-9-10-11-12-13-14-15-16-17-18-19-20-21-22-23-24-25(6-2,7-3)8-4/h15-16H,5-14,17-24H2,1-4H3/q+1. The second kappa shape index (κ2) is 18.5. The zero-order valence-electron chi connectivity index (χ0n) is 18.3. The fourth-order valence-corrected chi connectivity index (χ4v) is 3.84. The molecule has 0 aliphatic carbocycles. The summed E-state index contributed by atoms with van der Waals surface area (Å²) < 4.78 is 1.32. The van der Waals surface area contributed by atoms with E-state index in [1.54, 1.807) is 0 Å². The SMILES string of the molecule is CCCCCCCCC=CCCCCCCCC[N+](CC)(CC)CC. The first-order valence-corrected chi connectivity index (χ1v) is 11.7. The third-order valence-electron chi connectivity index (χ3n) is 6.16.